The summed E-state index contributed by atoms with van der Waals surface area (Å²) in [6, 6.07) is 24.6. The number of hydrogen-bond acceptors (Lipinski definition) is 10. The molecule has 0 aromatic heterocycles. The standard InChI is InChI=1S/C34H26N4O8S2.2Na/c1-19-17-21(9-13-27(19)35-37-29-15-11-23-25(33(29)39)5-3-7-31(23)47(41,42)43)22-10-14-28(20(2)18-22)36-38-30-16-12-24-26(34(30)40)6-4-8-32(24)48(44,45)46;;/h3-18,39-40H,1-2H3,(H,41,42,43)(H,44,45,46);;/q;2*+1/p-2. The predicted octanol–water partition coefficient (Wildman–Crippen LogP) is 1.76. The second kappa shape index (κ2) is 15.4. The van der Waals surface area contributed by atoms with Gasteiger partial charge in [-0.3, -0.25) is 9.11 Å². The maximum absolute atomic E-state index is 13.0. The molecule has 0 aliphatic heterocycles. The molecule has 0 aliphatic carbocycles. The Morgan fingerprint density at radius 3 is 1.16 bits per heavy atom. The maximum Gasteiger partial charge on any atom is 1.00 e. The molecule has 0 saturated heterocycles. The number of benzene rings is 6. The Balaban J connectivity index is 0.00000281. The molecule has 0 heterocycles. The van der Waals surface area contributed by atoms with Crippen LogP contribution in [0.25, 0.3) is 32.7 Å². The summed E-state index contributed by atoms with van der Waals surface area (Å²) in [4.78, 5) is -0.724. The summed E-state index contributed by atoms with van der Waals surface area (Å²) >= 11 is 0. The summed E-state index contributed by atoms with van der Waals surface area (Å²) in [5.74, 6) is -1.05. The molecule has 16 heteroatoms. The molecule has 50 heavy (non-hydrogen) atoms. The molecule has 0 aliphatic rings. The third kappa shape index (κ3) is 8.00. The topological polar surface area (TPSA) is 204 Å². The Kier molecular flexibility index (Phi) is 12.1. The van der Waals surface area contributed by atoms with E-state index in [0.717, 1.165) is 22.3 Å². The number of fused-ring (bicyclic) bond motifs is 2. The van der Waals surface area contributed by atoms with Gasteiger partial charge in [0.1, 0.15) is 9.79 Å². The third-order valence-corrected chi connectivity index (χ3v) is 9.54. The first-order chi connectivity index (χ1) is 22.7. The zero-order valence-corrected chi connectivity index (χ0v) is 32.8. The Bertz CT molecular complexity index is 2400. The van der Waals surface area contributed by atoms with Crippen LogP contribution in [0.2, 0.25) is 0 Å². The third-order valence-electron chi connectivity index (χ3n) is 7.72. The van der Waals surface area contributed by atoms with Crippen molar-refractivity contribution in [2.45, 2.75) is 23.6 Å². The molecule has 0 spiro atoms. The van der Waals surface area contributed by atoms with Gasteiger partial charge in [-0.1, -0.05) is 60.0 Å². The second-order valence-electron chi connectivity index (χ2n) is 10.9. The summed E-state index contributed by atoms with van der Waals surface area (Å²) in [5.41, 5.74) is 4.34. The van der Waals surface area contributed by atoms with Gasteiger partial charge in [-0.2, -0.15) is 37.3 Å². The summed E-state index contributed by atoms with van der Waals surface area (Å²) in [6.45, 7) is 3.68. The molecule has 0 radical (unpaired) electrons. The first-order valence-corrected chi connectivity index (χ1v) is 17.1. The van der Waals surface area contributed by atoms with Crippen LogP contribution in [0, 0.1) is 13.8 Å². The van der Waals surface area contributed by atoms with Crippen LogP contribution < -0.4 is 69.3 Å². The van der Waals surface area contributed by atoms with Crippen LogP contribution in [0.1, 0.15) is 11.1 Å². The van der Waals surface area contributed by atoms with Gasteiger partial charge in [-0.15, -0.1) is 0 Å². The molecule has 0 atom stereocenters. The molecular weight excluding hydrogens is 703 g/mol. The second-order valence-corrected chi connectivity index (χ2v) is 13.7. The molecule has 0 bridgehead atoms. The van der Waals surface area contributed by atoms with Gasteiger partial charge in [0, 0.05) is 10.8 Å². The monoisotopic (exact) mass is 726 g/mol. The molecular formula is C34H24N4Na2O8S2. The number of rotatable bonds is 7. The minimum atomic E-state index is -4.52. The molecule has 0 saturated carbocycles. The van der Waals surface area contributed by atoms with Gasteiger partial charge in [-0.25, -0.2) is 0 Å². The van der Waals surface area contributed by atoms with E-state index in [1.54, 1.807) is 12.1 Å². The minimum absolute atomic E-state index is 0. The first kappa shape index (κ1) is 39.2. The van der Waals surface area contributed by atoms with E-state index in [0.29, 0.717) is 11.4 Å². The molecule has 12 nitrogen and oxygen atoms in total. The van der Waals surface area contributed by atoms with Crippen LogP contribution >= 0.6 is 0 Å². The number of aryl methyl sites for hydroxylation is 2. The van der Waals surface area contributed by atoms with Gasteiger partial charge in [0.25, 0.3) is 20.2 Å². The minimum Gasteiger partial charge on any atom is -0.871 e. The fourth-order valence-corrected chi connectivity index (χ4v) is 6.71. The molecule has 6 aromatic rings. The van der Waals surface area contributed by atoms with Gasteiger partial charge in [0.05, 0.1) is 22.7 Å². The van der Waals surface area contributed by atoms with E-state index >= 15 is 0 Å². The SMILES string of the molecule is Cc1cc(-c2ccc(N=Nc3ccc4c(S(=O)(=O)O)cccc4c3[O-])c(C)c2)ccc1N=Nc1ccc2c(S(=O)(=O)O)cccc2c1[O-].[Na+].[Na+]. The van der Waals surface area contributed by atoms with Crippen molar-refractivity contribution in [1.29, 1.82) is 0 Å². The molecule has 6 aromatic carbocycles. The van der Waals surface area contributed by atoms with Crippen LogP contribution in [0.15, 0.2) is 127 Å². The van der Waals surface area contributed by atoms with Crippen molar-refractivity contribution in [3.05, 3.63) is 108 Å². The fraction of sp³-hybridized carbons (Fsp3) is 0.0588. The van der Waals surface area contributed by atoms with Crippen LogP contribution in [0.5, 0.6) is 11.5 Å². The number of nitrogens with zero attached hydrogens (tertiary/aromatic N) is 4. The van der Waals surface area contributed by atoms with E-state index in [2.05, 4.69) is 20.5 Å². The van der Waals surface area contributed by atoms with E-state index in [4.69, 9.17) is 0 Å². The Morgan fingerprint density at radius 1 is 0.480 bits per heavy atom. The van der Waals surface area contributed by atoms with Crippen molar-refractivity contribution in [2.75, 3.05) is 0 Å². The Hall–Kier alpha value is -3.54. The fourth-order valence-electron chi connectivity index (χ4n) is 5.30. The Morgan fingerprint density at radius 2 is 0.820 bits per heavy atom. The van der Waals surface area contributed by atoms with Crippen molar-refractivity contribution >= 4 is 64.5 Å². The van der Waals surface area contributed by atoms with Gasteiger partial charge < -0.3 is 10.2 Å². The van der Waals surface area contributed by atoms with Gasteiger partial charge in [-0.05, 0) is 95.4 Å². The van der Waals surface area contributed by atoms with Gasteiger partial charge in [0.15, 0.2) is 0 Å². The van der Waals surface area contributed by atoms with Gasteiger partial charge >= 0.3 is 59.1 Å². The number of hydrogen-bond donors (Lipinski definition) is 2. The number of azo groups is 2. The molecule has 242 valence electrons. The summed E-state index contributed by atoms with van der Waals surface area (Å²) in [7, 11) is -9.03. The summed E-state index contributed by atoms with van der Waals surface area (Å²) in [6.07, 6.45) is 0. The van der Waals surface area contributed by atoms with Crippen molar-refractivity contribution in [1.82, 2.24) is 0 Å². The zero-order valence-electron chi connectivity index (χ0n) is 27.2. The predicted molar refractivity (Wildman–Crippen MR) is 176 cm³/mol. The quantitative estimate of drug-likeness (QED) is 0.141. The molecule has 2 N–H and O–H groups in total. The normalized spacial score (nSPS) is 12.0. The van der Waals surface area contributed by atoms with Gasteiger partial charge in [0.2, 0.25) is 0 Å². The van der Waals surface area contributed by atoms with Crippen molar-refractivity contribution in [3.63, 3.8) is 0 Å². The maximum atomic E-state index is 13.0. The van der Waals surface area contributed by atoms with E-state index in [1.807, 2.05) is 38.1 Å². The van der Waals surface area contributed by atoms with Crippen LogP contribution in [0.4, 0.5) is 22.7 Å². The molecule has 6 rings (SSSR count). The Labute approximate surface area is 331 Å². The average Bonchev–Trinajstić information content (AvgIpc) is 3.04. The smallest absolute Gasteiger partial charge is 0.871 e. The summed E-state index contributed by atoms with van der Waals surface area (Å²) < 4.78 is 65.7. The van der Waals surface area contributed by atoms with E-state index in [1.165, 1.54) is 60.7 Å². The van der Waals surface area contributed by atoms with Crippen molar-refractivity contribution < 1.29 is 95.3 Å². The zero-order chi connectivity index (χ0) is 34.4. The molecule has 0 fully saturated rings. The average molecular weight is 727 g/mol. The van der Waals surface area contributed by atoms with Crippen LogP contribution in [-0.2, 0) is 20.2 Å². The van der Waals surface area contributed by atoms with E-state index in [-0.39, 0.29) is 102 Å². The molecule has 0 amide bonds. The van der Waals surface area contributed by atoms with Crippen molar-refractivity contribution in [3.8, 4) is 22.6 Å². The van der Waals surface area contributed by atoms with E-state index < -0.39 is 31.7 Å². The summed E-state index contributed by atoms with van der Waals surface area (Å²) in [5, 5.41) is 43.0. The van der Waals surface area contributed by atoms with Crippen molar-refractivity contribution in [2.24, 2.45) is 20.5 Å². The molecule has 0 unspecified atom stereocenters. The first-order valence-electron chi connectivity index (χ1n) is 14.2. The van der Waals surface area contributed by atoms with Crippen LogP contribution in [-0.4, -0.2) is 25.9 Å². The van der Waals surface area contributed by atoms with Crippen LogP contribution in [0.3, 0.4) is 0 Å². The van der Waals surface area contributed by atoms with E-state index in [9.17, 15) is 36.2 Å². The largest absolute Gasteiger partial charge is 1.00 e.